The van der Waals surface area contributed by atoms with Crippen molar-refractivity contribution in [3.8, 4) is 11.8 Å². The highest BCUT2D eigenvalue weighted by Crippen LogP contribution is 2.24. The summed E-state index contributed by atoms with van der Waals surface area (Å²) in [7, 11) is 0. The van der Waals surface area contributed by atoms with Gasteiger partial charge in [-0.2, -0.15) is 5.26 Å². The fourth-order valence-electron chi connectivity index (χ4n) is 2.09. The monoisotopic (exact) mass is 246 g/mol. The van der Waals surface area contributed by atoms with Gasteiger partial charge in [-0.15, -0.1) is 0 Å². The molecule has 0 saturated heterocycles. The zero-order valence-electron chi connectivity index (χ0n) is 11.9. The summed E-state index contributed by atoms with van der Waals surface area (Å²) in [4.78, 5) is 0. The topological polar surface area (TPSA) is 45.0 Å². The van der Waals surface area contributed by atoms with Crippen molar-refractivity contribution < 1.29 is 4.74 Å². The van der Waals surface area contributed by atoms with E-state index in [1.165, 1.54) is 5.56 Å². The highest BCUT2D eigenvalue weighted by molar-refractivity contribution is 5.43. The Labute approximate surface area is 110 Å². The predicted octanol–water partition coefficient (Wildman–Crippen LogP) is 2.88. The molecule has 1 aromatic carbocycles. The lowest BCUT2D eigenvalue weighted by molar-refractivity contribution is 0.279. The molecule has 1 unspecified atom stereocenters. The summed E-state index contributed by atoms with van der Waals surface area (Å²) < 4.78 is 5.79. The maximum atomic E-state index is 9.04. The molecule has 0 radical (unpaired) electrons. The van der Waals surface area contributed by atoms with Gasteiger partial charge in [0.2, 0.25) is 0 Å². The molecule has 0 aliphatic heterocycles. The Morgan fingerprint density at radius 1 is 1.22 bits per heavy atom. The molecule has 0 bridgehead atoms. The van der Waals surface area contributed by atoms with E-state index < -0.39 is 0 Å². The molecule has 3 nitrogen and oxygen atoms in total. The van der Waals surface area contributed by atoms with E-state index in [-0.39, 0.29) is 12.1 Å². The molecule has 1 N–H and O–H groups in total. The van der Waals surface area contributed by atoms with Gasteiger partial charge in [0.05, 0.1) is 6.07 Å². The summed E-state index contributed by atoms with van der Waals surface area (Å²) in [5.74, 6) is 0.895. The Morgan fingerprint density at radius 3 is 2.22 bits per heavy atom. The van der Waals surface area contributed by atoms with Gasteiger partial charge in [0.15, 0.2) is 0 Å². The van der Waals surface area contributed by atoms with Crippen LogP contribution in [0.2, 0.25) is 0 Å². The number of benzene rings is 1. The zero-order chi connectivity index (χ0) is 13.7. The van der Waals surface area contributed by atoms with Crippen LogP contribution in [-0.2, 0) is 0 Å². The van der Waals surface area contributed by atoms with E-state index in [1.807, 2.05) is 27.7 Å². The van der Waals surface area contributed by atoms with E-state index >= 15 is 0 Å². The maximum absolute atomic E-state index is 9.04. The van der Waals surface area contributed by atoms with Crippen LogP contribution in [0.3, 0.4) is 0 Å². The Kier molecular flexibility index (Phi) is 5.18. The summed E-state index contributed by atoms with van der Waals surface area (Å²) in [6, 6.07) is 6.41. The minimum absolute atomic E-state index is 0.273. The molecule has 0 heterocycles. The first-order valence-electron chi connectivity index (χ1n) is 6.30. The maximum Gasteiger partial charge on any atom is 0.130 e. The first kappa shape index (κ1) is 14.5. The second-order valence-corrected chi connectivity index (χ2v) is 5.04. The predicted molar refractivity (Wildman–Crippen MR) is 73.8 cm³/mol. The molecule has 98 valence electrons. The van der Waals surface area contributed by atoms with Gasteiger partial charge in [-0.3, -0.25) is 5.32 Å². The van der Waals surface area contributed by atoms with Gasteiger partial charge in [-0.25, -0.2) is 0 Å². The van der Waals surface area contributed by atoms with Crippen LogP contribution in [0.25, 0.3) is 0 Å². The van der Waals surface area contributed by atoms with E-state index in [9.17, 15) is 0 Å². The summed E-state index contributed by atoms with van der Waals surface area (Å²) in [6.45, 7) is 10.6. The molecular formula is C15H22N2O. The Morgan fingerprint density at radius 2 is 1.78 bits per heavy atom. The summed E-state index contributed by atoms with van der Waals surface area (Å²) in [6.07, 6.45) is 0. The Balaban J connectivity index is 2.71. The Bertz CT molecular complexity index is 423. The third-order valence-corrected chi connectivity index (χ3v) is 2.69. The highest BCUT2D eigenvalue weighted by atomic mass is 16.5. The van der Waals surface area contributed by atoms with Gasteiger partial charge < -0.3 is 4.74 Å². The molecule has 18 heavy (non-hydrogen) atoms. The molecule has 1 rings (SSSR count). The van der Waals surface area contributed by atoms with Crippen molar-refractivity contribution in [2.75, 3.05) is 6.61 Å². The molecular weight excluding hydrogens is 224 g/mol. The van der Waals surface area contributed by atoms with Gasteiger partial charge in [-0.1, -0.05) is 17.7 Å². The number of aryl methyl sites for hydroxylation is 3. The minimum atomic E-state index is -0.273. The van der Waals surface area contributed by atoms with Crippen LogP contribution in [0, 0.1) is 32.1 Å². The zero-order valence-corrected chi connectivity index (χ0v) is 11.9. The molecule has 3 heteroatoms. The smallest absolute Gasteiger partial charge is 0.130 e. The SMILES string of the molecule is Cc1cc(C)c(OCC(C#N)NC(C)C)c(C)c1. The molecule has 1 atom stereocenters. The lowest BCUT2D eigenvalue weighted by atomic mass is 10.1. The average molecular weight is 246 g/mol. The second kappa shape index (κ2) is 6.42. The van der Waals surface area contributed by atoms with E-state index in [1.54, 1.807) is 0 Å². The normalized spacial score (nSPS) is 12.3. The molecule has 0 fully saturated rings. The summed E-state index contributed by atoms with van der Waals surface area (Å²) in [5.41, 5.74) is 3.47. The van der Waals surface area contributed by atoms with E-state index in [4.69, 9.17) is 10.00 Å². The average Bonchev–Trinajstić information content (AvgIpc) is 2.25. The Hall–Kier alpha value is -1.53. The van der Waals surface area contributed by atoms with Crippen molar-refractivity contribution in [2.45, 2.75) is 46.7 Å². The van der Waals surface area contributed by atoms with Crippen LogP contribution >= 0.6 is 0 Å². The number of hydrogen-bond donors (Lipinski definition) is 1. The van der Waals surface area contributed by atoms with Gasteiger partial charge >= 0.3 is 0 Å². The first-order chi connectivity index (χ1) is 8.43. The van der Waals surface area contributed by atoms with Crippen LogP contribution in [0.1, 0.15) is 30.5 Å². The third kappa shape index (κ3) is 4.05. The number of hydrogen-bond acceptors (Lipinski definition) is 3. The first-order valence-corrected chi connectivity index (χ1v) is 6.30. The fraction of sp³-hybridized carbons (Fsp3) is 0.533. The number of nitrogens with one attached hydrogen (secondary N) is 1. The minimum Gasteiger partial charge on any atom is -0.490 e. The number of nitrogens with zero attached hydrogens (tertiary/aromatic N) is 1. The van der Waals surface area contributed by atoms with Crippen LogP contribution in [0.15, 0.2) is 12.1 Å². The van der Waals surface area contributed by atoms with Crippen LogP contribution in [0.5, 0.6) is 5.75 Å². The van der Waals surface area contributed by atoms with Crippen LogP contribution in [-0.4, -0.2) is 18.7 Å². The van der Waals surface area contributed by atoms with E-state index in [0.717, 1.165) is 16.9 Å². The van der Waals surface area contributed by atoms with Gasteiger partial charge in [0.25, 0.3) is 0 Å². The number of rotatable bonds is 5. The summed E-state index contributed by atoms with van der Waals surface area (Å²) >= 11 is 0. The lowest BCUT2D eigenvalue weighted by Gasteiger charge is -2.18. The highest BCUT2D eigenvalue weighted by Gasteiger charge is 2.11. The number of nitriles is 1. The third-order valence-electron chi connectivity index (χ3n) is 2.69. The molecule has 0 aliphatic carbocycles. The largest absolute Gasteiger partial charge is 0.490 e. The standard InChI is InChI=1S/C15H22N2O/c1-10(2)17-14(8-16)9-18-15-12(4)6-11(3)7-13(15)5/h6-7,10,14,17H,9H2,1-5H3. The number of ether oxygens (including phenoxy) is 1. The fourth-order valence-corrected chi connectivity index (χ4v) is 2.09. The van der Waals surface area contributed by atoms with Gasteiger partial charge in [0, 0.05) is 6.04 Å². The van der Waals surface area contributed by atoms with Crippen molar-refractivity contribution in [3.05, 3.63) is 28.8 Å². The molecule has 1 aromatic rings. The molecule has 0 spiro atoms. The molecule has 0 aliphatic rings. The van der Waals surface area contributed by atoms with E-state index in [0.29, 0.717) is 6.61 Å². The molecule has 0 aromatic heterocycles. The van der Waals surface area contributed by atoms with Crippen molar-refractivity contribution in [1.29, 1.82) is 5.26 Å². The van der Waals surface area contributed by atoms with Crippen molar-refractivity contribution in [2.24, 2.45) is 0 Å². The van der Waals surface area contributed by atoms with Crippen LogP contribution in [0.4, 0.5) is 0 Å². The van der Waals surface area contributed by atoms with Gasteiger partial charge in [-0.05, 0) is 45.7 Å². The van der Waals surface area contributed by atoms with Gasteiger partial charge in [0.1, 0.15) is 18.4 Å². The van der Waals surface area contributed by atoms with Crippen molar-refractivity contribution in [3.63, 3.8) is 0 Å². The second-order valence-electron chi connectivity index (χ2n) is 5.04. The van der Waals surface area contributed by atoms with E-state index in [2.05, 4.69) is 30.4 Å². The van der Waals surface area contributed by atoms with Crippen molar-refractivity contribution >= 4 is 0 Å². The lowest BCUT2D eigenvalue weighted by Crippen LogP contribution is -2.38. The van der Waals surface area contributed by atoms with Crippen LogP contribution < -0.4 is 10.1 Å². The van der Waals surface area contributed by atoms with Crippen molar-refractivity contribution in [1.82, 2.24) is 5.32 Å². The summed E-state index contributed by atoms with van der Waals surface area (Å²) in [5, 5.41) is 12.2. The molecule has 0 amide bonds. The quantitative estimate of drug-likeness (QED) is 0.869. The molecule has 0 saturated carbocycles.